The number of hydrogen-bond acceptors (Lipinski definition) is 4. The molecule has 1 aromatic heterocycles. The van der Waals surface area contributed by atoms with Crippen LogP contribution in [0.1, 0.15) is 31.7 Å². The molecule has 2 saturated heterocycles. The van der Waals surface area contributed by atoms with Gasteiger partial charge >= 0.3 is 0 Å². The van der Waals surface area contributed by atoms with Crippen molar-refractivity contribution in [1.29, 1.82) is 0 Å². The minimum absolute atomic E-state index is 0. The Hall–Kier alpha value is -0.590. The van der Waals surface area contributed by atoms with Gasteiger partial charge in [0.25, 0.3) is 0 Å². The molecule has 0 spiro atoms. The number of likely N-dealkylation sites (tertiary alicyclic amines) is 1. The summed E-state index contributed by atoms with van der Waals surface area (Å²) in [6, 6.07) is 4.26. The highest BCUT2D eigenvalue weighted by Crippen LogP contribution is 2.19. The van der Waals surface area contributed by atoms with Crippen molar-refractivity contribution in [3.63, 3.8) is 0 Å². The van der Waals surface area contributed by atoms with Crippen molar-refractivity contribution in [3.05, 3.63) is 30.1 Å². The molecule has 1 amide bonds. The molecule has 3 rings (SSSR count). The van der Waals surface area contributed by atoms with Crippen LogP contribution in [0.4, 0.5) is 0 Å². The monoisotopic (exact) mass is 424 g/mol. The molecule has 5 nitrogen and oxygen atoms in total. The Kier molecular flexibility index (Phi) is 12.4. The van der Waals surface area contributed by atoms with Gasteiger partial charge in [0.05, 0.1) is 6.04 Å². The van der Waals surface area contributed by atoms with Crippen LogP contribution in [0.3, 0.4) is 0 Å². The zero-order chi connectivity index (χ0) is 16.1. The maximum Gasteiger partial charge on any atom is 0.240 e. The lowest BCUT2D eigenvalue weighted by Crippen LogP contribution is -2.55. The predicted octanol–water partition coefficient (Wildman–Crippen LogP) is 2.87. The minimum atomic E-state index is 0. The molecule has 2 aliphatic rings. The van der Waals surface area contributed by atoms with Crippen LogP contribution in [-0.2, 0) is 11.3 Å². The van der Waals surface area contributed by atoms with Crippen molar-refractivity contribution < 1.29 is 4.79 Å². The third kappa shape index (κ3) is 6.54. The lowest BCUT2D eigenvalue weighted by atomic mass is 10.0. The van der Waals surface area contributed by atoms with Crippen molar-refractivity contribution in [2.24, 2.45) is 0 Å². The number of piperidine rings is 1. The van der Waals surface area contributed by atoms with E-state index in [-0.39, 0.29) is 43.3 Å². The highest BCUT2D eigenvalue weighted by Gasteiger charge is 2.32. The van der Waals surface area contributed by atoms with Crippen LogP contribution >= 0.6 is 37.2 Å². The molecule has 0 N–H and O–H groups in total. The molecular formula is C18H31Cl3N4O. The van der Waals surface area contributed by atoms with E-state index in [9.17, 15) is 4.79 Å². The number of hydrogen-bond donors (Lipinski definition) is 0. The molecule has 8 heteroatoms. The SMILES string of the molecule is CCN1CCCC[C@H]1C(=O)N1CCN(Cc2ccncc2)CC1.Cl.Cl.Cl. The zero-order valence-electron chi connectivity index (χ0n) is 15.4. The minimum Gasteiger partial charge on any atom is -0.339 e. The summed E-state index contributed by atoms with van der Waals surface area (Å²) in [5, 5.41) is 0. The number of aromatic nitrogens is 1. The number of likely N-dealkylation sites (N-methyl/N-ethyl adjacent to an activating group) is 1. The highest BCUT2D eigenvalue weighted by atomic mass is 35.5. The van der Waals surface area contributed by atoms with E-state index in [4.69, 9.17) is 0 Å². The Balaban J connectivity index is 0.00000208. The molecule has 3 heterocycles. The standard InChI is InChI=1S/C18H28N4O.3ClH/c1-2-21-10-4-3-5-17(21)18(23)22-13-11-20(12-14-22)15-16-6-8-19-9-7-16;;;/h6-9,17H,2-5,10-15H2,1H3;3*1H/t17-;;;/m0.../s1. The van der Waals surface area contributed by atoms with E-state index in [0.29, 0.717) is 5.91 Å². The third-order valence-corrected chi connectivity index (χ3v) is 5.14. The predicted molar refractivity (Wildman–Crippen MR) is 113 cm³/mol. The van der Waals surface area contributed by atoms with Crippen molar-refractivity contribution in [2.45, 2.75) is 38.8 Å². The molecule has 0 radical (unpaired) electrons. The smallest absolute Gasteiger partial charge is 0.240 e. The summed E-state index contributed by atoms with van der Waals surface area (Å²) in [4.78, 5) is 23.8. The molecule has 150 valence electrons. The van der Waals surface area contributed by atoms with Crippen LogP contribution in [0.25, 0.3) is 0 Å². The second-order valence-corrected chi connectivity index (χ2v) is 6.60. The number of piperazine rings is 1. The Morgan fingerprint density at radius 2 is 1.69 bits per heavy atom. The van der Waals surface area contributed by atoms with Gasteiger partial charge in [-0.05, 0) is 43.6 Å². The van der Waals surface area contributed by atoms with Gasteiger partial charge in [0.2, 0.25) is 5.91 Å². The first-order valence-electron chi connectivity index (χ1n) is 8.92. The van der Waals surface area contributed by atoms with Gasteiger partial charge in [-0.25, -0.2) is 0 Å². The third-order valence-electron chi connectivity index (χ3n) is 5.14. The molecule has 0 saturated carbocycles. The number of rotatable bonds is 4. The van der Waals surface area contributed by atoms with Gasteiger partial charge in [-0.1, -0.05) is 13.3 Å². The first kappa shape index (κ1) is 25.4. The lowest BCUT2D eigenvalue weighted by molar-refractivity contribution is -0.140. The Morgan fingerprint density at radius 1 is 1.04 bits per heavy atom. The van der Waals surface area contributed by atoms with Gasteiger partial charge in [-0.15, -0.1) is 37.2 Å². The van der Waals surface area contributed by atoms with Gasteiger partial charge in [0, 0.05) is 45.1 Å². The van der Waals surface area contributed by atoms with E-state index in [1.165, 1.54) is 18.4 Å². The van der Waals surface area contributed by atoms with Gasteiger partial charge < -0.3 is 4.90 Å². The van der Waals surface area contributed by atoms with E-state index in [0.717, 1.165) is 52.2 Å². The Labute approximate surface area is 175 Å². The fourth-order valence-electron chi connectivity index (χ4n) is 3.73. The first-order valence-corrected chi connectivity index (χ1v) is 8.92. The number of pyridine rings is 1. The van der Waals surface area contributed by atoms with E-state index >= 15 is 0 Å². The zero-order valence-corrected chi connectivity index (χ0v) is 17.8. The molecule has 2 fully saturated rings. The van der Waals surface area contributed by atoms with Crippen LogP contribution in [-0.4, -0.2) is 70.9 Å². The molecule has 2 aliphatic heterocycles. The number of nitrogens with zero attached hydrogens (tertiary/aromatic N) is 4. The van der Waals surface area contributed by atoms with Crippen LogP contribution in [0.2, 0.25) is 0 Å². The van der Waals surface area contributed by atoms with Crippen molar-refractivity contribution >= 4 is 43.1 Å². The summed E-state index contributed by atoms with van der Waals surface area (Å²) in [6.07, 6.45) is 7.14. The van der Waals surface area contributed by atoms with Gasteiger partial charge in [0.15, 0.2) is 0 Å². The van der Waals surface area contributed by atoms with Crippen molar-refractivity contribution in [1.82, 2.24) is 19.7 Å². The van der Waals surface area contributed by atoms with Crippen LogP contribution < -0.4 is 0 Å². The average molecular weight is 426 g/mol. The van der Waals surface area contributed by atoms with Gasteiger partial charge in [-0.3, -0.25) is 19.6 Å². The number of carbonyl (C=O) groups excluding carboxylic acids is 1. The Morgan fingerprint density at radius 3 is 2.31 bits per heavy atom. The summed E-state index contributed by atoms with van der Waals surface area (Å²) in [7, 11) is 0. The quantitative estimate of drug-likeness (QED) is 0.743. The van der Waals surface area contributed by atoms with E-state index in [1.54, 1.807) is 0 Å². The Bertz CT molecular complexity index is 512. The molecular weight excluding hydrogens is 395 g/mol. The maximum atomic E-state index is 12.8. The number of halogens is 3. The number of amides is 1. The van der Waals surface area contributed by atoms with E-state index in [1.807, 2.05) is 12.4 Å². The van der Waals surface area contributed by atoms with Crippen molar-refractivity contribution in [2.75, 3.05) is 39.3 Å². The summed E-state index contributed by atoms with van der Waals surface area (Å²) in [5.74, 6) is 0.357. The second-order valence-electron chi connectivity index (χ2n) is 6.60. The fraction of sp³-hybridized carbons (Fsp3) is 0.667. The lowest BCUT2D eigenvalue weighted by Gasteiger charge is -2.40. The molecule has 0 aromatic carbocycles. The molecule has 0 unspecified atom stereocenters. The average Bonchev–Trinajstić information content (AvgIpc) is 2.62. The molecule has 0 aliphatic carbocycles. The topological polar surface area (TPSA) is 39.7 Å². The fourth-order valence-corrected chi connectivity index (χ4v) is 3.73. The summed E-state index contributed by atoms with van der Waals surface area (Å²) in [5.41, 5.74) is 1.30. The van der Waals surface area contributed by atoms with E-state index in [2.05, 4.69) is 38.7 Å². The van der Waals surface area contributed by atoms with Crippen LogP contribution in [0.5, 0.6) is 0 Å². The maximum absolute atomic E-state index is 12.8. The molecule has 1 aromatic rings. The molecule has 26 heavy (non-hydrogen) atoms. The van der Waals surface area contributed by atoms with E-state index < -0.39 is 0 Å². The van der Waals surface area contributed by atoms with Crippen LogP contribution in [0.15, 0.2) is 24.5 Å². The summed E-state index contributed by atoms with van der Waals surface area (Å²) < 4.78 is 0. The van der Waals surface area contributed by atoms with Crippen LogP contribution in [0, 0.1) is 0 Å². The van der Waals surface area contributed by atoms with Gasteiger partial charge in [-0.2, -0.15) is 0 Å². The highest BCUT2D eigenvalue weighted by molar-refractivity contribution is 5.86. The molecule has 1 atom stereocenters. The largest absolute Gasteiger partial charge is 0.339 e. The number of carbonyl (C=O) groups is 1. The summed E-state index contributed by atoms with van der Waals surface area (Å²) in [6.45, 7) is 8.83. The summed E-state index contributed by atoms with van der Waals surface area (Å²) >= 11 is 0. The van der Waals surface area contributed by atoms with Crippen molar-refractivity contribution in [3.8, 4) is 0 Å². The normalized spacial score (nSPS) is 21.1. The molecule has 0 bridgehead atoms. The second kappa shape index (κ2) is 12.7. The first-order chi connectivity index (χ1) is 11.3. The van der Waals surface area contributed by atoms with Gasteiger partial charge in [0.1, 0.15) is 0 Å².